The maximum atomic E-state index is 12.5. The highest BCUT2D eigenvalue weighted by molar-refractivity contribution is 5.86. The predicted molar refractivity (Wildman–Crippen MR) is 73.3 cm³/mol. The van der Waals surface area contributed by atoms with Gasteiger partial charge in [0.25, 0.3) is 0 Å². The van der Waals surface area contributed by atoms with Gasteiger partial charge in [0.1, 0.15) is 0 Å². The molecule has 104 valence electrons. The van der Waals surface area contributed by atoms with Crippen LogP contribution in [0.2, 0.25) is 0 Å². The number of piperazine rings is 1. The lowest BCUT2D eigenvalue weighted by molar-refractivity contribution is -0.138. The Balaban J connectivity index is 1.88. The molecule has 1 aliphatic carbocycles. The SMILES string of the molecule is CCC(C)N1CCN(C(=O)C2(N)CCCC2)CC1. The fourth-order valence-corrected chi connectivity index (χ4v) is 3.16. The van der Waals surface area contributed by atoms with Crippen molar-refractivity contribution in [3.05, 3.63) is 0 Å². The van der Waals surface area contributed by atoms with Gasteiger partial charge >= 0.3 is 0 Å². The van der Waals surface area contributed by atoms with Crippen molar-refractivity contribution in [1.82, 2.24) is 9.80 Å². The van der Waals surface area contributed by atoms with Crippen LogP contribution in [0.3, 0.4) is 0 Å². The number of nitrogens with zero attached hydrogens (tertiary/aromatic N) is 2. The molecule has 18 heavy (non-hydrogen) atoms. The highest BCUT2D eigenvalue weighted by Crippen LogP contribution is 2.29. The fraction of sp³-hybridized carbons (Fsp3) is 0.929. The van der Waals surface area contributed by atoms with Crippen LogP contribution < -0.4 is 5.73 Å². The second kappa shape index (κ2) is 5.57. The number of nitrogens with two attached hydrogens (primary N) is 1. The monoisotopic (exact) mass is 253 g/mol. The third kappa shape index (κ3) is 2.69. The average Bonchev–Trinajstić information content (AvgIpc) is 2.85. The molecule has 2 aliphatic rings. The molecule has 2 fully saturated rings. The van der Waals surface area contributed by atoms with Gasteiger partial charge in [0.15, 0.2) is 0 Å². The summed E-state index contributed by atoms with van der Waals surface area (Å²) >= 11 is 0. The van der Waals surface area contributed by atoms with Crippen molar-refractivity contribution in [3.8, 4) is 0 Å². The summed E-state index contributed by atoms with van der Waals surface area (Å²) in [5.74, 6) is 0.198. The Hall–Kier alpha value is -0.610. The van der Waals surface area contributed by atoms with Crippen LogP contribution in [0.1, 0.15) is 46.0 Å². The van der Waals surface area contributed by atoms with Gasteiger partial charge in [-0.2, -0.15) is 0 Å². The number of hydrogen-bond acceptors (Lipinski definition) is 3. The van der Waals surface area contributed by atoms with Gasteiger partial charge in [-0.3, -0.25) is 9.69 Å². The molecule has 0 spiro atoms. The van der Waals surface area contributed by atoms with E-state index in [2.05, 4.69) is 18.7 Å². The number of carbonyl (C=O) groups is 1. The van der Waals surface area contributed by atoms with Crippen LogP contribution in [-0.4, -0.2) is 53.5 Å². The van der Waals surface area contributed by atoms with Crippen LogP contribution in [0.4, 0.5) is 0 Å². The molecule has 1 heterocycles. The highest BCUT2D eigenvalue weighted by atomic mass is 16.2. The van der Waals surface area contributed by atoms with Gasteiger partial charge in [-0.05, 0) is 26.2 Å². The minimum absolute atomic E-state index is 0.198. The molecule has 1 amide bonds. The summed E-state index contributed by atoms with van der Waals surface area (Å²) in [5.41, 5.74) is 5.71. The molecular formula is C14H27N3O. The zero-order chi connectivity index (χ0) is 13.2. The first-order valence-corrected chi connectivity index (χ1v) is 7.39. The van der Waals surface area contributed by atoms with E-state index in [0.29, 0.717) is 6.04 Å². The molecule has 1 atom stereocenters. The lowest BCUT2D eigenvalue weighted by Gasteiger charge is -2.40. The number of rotatable bonds is 3. The molecule has 1 unspecified atom stereocenters. The third-order valence-corrected chi connectivity index (χ3v) is 4.74. The summed E-state index contributed by atoms with van der Waals surface area (Å²) in [6.07, 6.45) is 5.13. The van der Waals surface area contributed by atoms with Gasteiger partial charge in [-0.25, -0.2) is 0 Å². The predicted octanol–water partition coefficient (Wildman–Crippen LogP) is 1.20. The van der Waals surface area contributed by atoms with E-state index in [1.54, 1.807) is 0 Å². The van der Waals surface area contributed by atoms with E-state index >= 15 is 0 Å². The first kappa shape index (κ1) is 13.8. The lowest BCUT2D eigenvalue weighted by Crippen LogP contribution is -2.59. The van der Waals surface area contributed by atoms with Gasteiger partial charge in [-0.15, -0.1) is 0 Å². The van der Waals surface area contributed by atoms with E-state index in [4.69, 9.17) is 5.73 Å². The number of carbonyl (C=O) groups excluding carboxylic acids is 1. The molecule has 0 aromatic rings. The van der Waals surface area contributed by atoms with E-state index in [-0.39, 0.29) is 5.91 Å². The van der Waals surface area contributed by atoms with Crippen molar-refractivity contribution in [3.63, 3.8) is 0 Å². The van der Waals surface area contributed by atoms with Crippen molar-refractivity contribution in [2.24, 2.45) is 5.73 Å². The van der Waals surface area contributed by atoms with E-state index in [1.807, 2.05) is 4.90 Å². The van der Waals surface area contributed by atoms with Crippen molar-refractivity contribution >= 4 is 5.91 Å². The summed E-state index contributed by atoms with van der Waals surface area (Å²) in [6, 6.07) is 0.626. The first-order valence-electron chi connectivity index (χ1n) is 7.39. The molecule has 0 bridgehead atoms. The normalized spacial score (nSPS) is 26.3. The van der Waals surface area contributed by atoms with Crippen LogP contribution in [0, 0.1) is 0 Å². The summed E-state index contributed by atoms with van der Waals surface area (Å²) in [5, 5.41) is 0. The largest absolute Gasteiger partial charge is 0.339 e. The Bertz CT molecular complexity index is 291. The molecule has 0 aromatic carbocycles. The molecule has 2 N–H and O–H groups in total. The van der Waals surface area contributed by atoms with Gasteiger partial charge in [-0.1, -0.05) is 19.8 Å². The highest BCUT2D eigenvalue weighted by Gasteiger charge is 2.40. The van der Waals surface area contributed by atoms with Crippen LogP contribution >= 0.6 is 0 Å². The molecule has 1 saturated heterocycles. The number of amides is 1. The average molecular weight is 253 g/mol. The molecule has 4 nitrogen and oxygen atoms in total. The minimum atomic E-state index is -0.543. The quantitative estimate of drug-likeness (QED) is 0.822. The standard InChI is InChI=1S/C14H27N3O/c1-3-12(2)16-8-10-17(11-9-16)13(18)14(15)6-4-5-7-14/h12H,3-11,15H2,1-2H3. The molecule has 0 aromatic heterocycles. The minimum Gasteiger partial charge on any atom is -0.339 e. The van der Waals surface area contributed by atoms with Crippen LogP contribution in [0.25, 0.3) is 0 Å². The first-order chi connectivity index (χ1) is 8.57. The van der Waals surface area contributed by atoms with E-state index in [1.165, 1.54) is 6.42 Å². The van der Waals surface area contributed by atoms with E-state index in [9.17, 15) is 4.79 Å². The van der Waals surface area contributed by atoms with Gasteiger partial charge in [0.05, 0.1) is 5.54 Å². The molecule has 4 heteroatoms. The summed E-state index contributed by atoms with van der Waals surface area (Å²) in [7, 11) is 0. The summed E-state index contributed by atoms with van der Waals surface area (Å²) in [4.78, 5) is 16.9. The molecule has 0 radical (unpaired) electrons. The van der Waals surface area contributed by atoms with Gasteiger partial charge < -0.3 is 10.6 Å². The third-order valence-electron chi connectivity index (χ3n) is 4.74. The van der Waals surface area contributed by atoms with Crippen LogP contribution in [-0.2, 0) is 4.79 Å². The maximum absolute atomic E-state index is 12.5. The second-order valence-electron chi connectivity index (χ2n) is 5.95. The Morgan fingerprint density at radius 1 is 1.22 bits per heavy atom. The summed E-state index contributed by atoms with van der Waals surface area (Å²) in [6.45, 7) is 8.17. The van der Waals surface area contributed by atoms with E-state index in [0.717, 1.165) is 51.9 Å². The Morgan fingerprint density at radius 2 is 1.78 bits per heavy atom. The van der Waals surface area contributed by atoms with Crippen molar-refractivity contribution < 1.29 is 4.79 Å². The molecule has 2 rings (SSSR count). The summed E-state index contributed by atoms with van der Waals surface area (Å²) < 4.78 is 0. The molecular weight excluding hydrogens is 226 g/mol. The van der Waals surface area contributed by atoms with Crippen molar-refractivity contribution in [2.45, 2.75) is 57.5 Å². The van der Waals surface area contributed by atoms with Gasteiger partial charge in [0.2, 0.25) is 5.91 Å². The Kier molecular flexibility index (Phi) is 4.28. The molecule has 1 saturated carbocycles. The maximum Gasteiger partial charge on any atom is 0.242 e. The van der Waals surface area contributed by atoms with Crippen molar-refractivity contribution in [1.29, 1.82) is 0 Å². The van der Waals surface area contributed by atoms with Gasteiger partial charge in [0, 0.05) is 32.2 Å². The Labute approximate surface area is 110 Å². The second-order valence-corrected chi connectivity index (χ2v) is 5.95. The van der Waals surface area contributed by atoms with Crippen LogP contribution in [0.15, 0.2) is 0 Å². The topological polar surface area (TPSA) is 49.6 Å². The van der Waals surface area contributed by atoms with Crippen molar-refractivity contribution in [2.75, 3.05) is 26.2 Å². The smallest absolute Gasteiger partial charge is 0.242 e. The zero-order valence-electron chi connectivity index (χ0n) is 11.8. The molecule has 1 aliphatic heterocycles. The Morgan fingerprint density at radius 3 is 2.28 bits per heavy atom. The zero-order valence-corrected chi connectivity index (χ0v) is 11.8. The van der Waals surface area contributed by atoms with Crippen LogP contribution in [0.5, 0.6) is 0 Å². The van der Waals surface area contributed by atoms with E-state index < -0.39 is 5.54 Å². The number of hydrogen-bond donors (Lipinski definition) is 1. The lowest BCUT2D eigenvalue weighted by atomic mass is 9.96. The fourth-order valence-electron chi connectivity index (χ4n) is 3.16.